The minimum Gasteiger partial charge on any atom is -0.435 e. The Hall–Kier alpha value is -2.44. The molecule has 0 aliphatic carbocycles. The third-order valence-electron chi connectivity index (χ3n) is 2.18. The summed E-state index contributed by atoms with van der Waals surface area (Å²) in [7, 11) is 0. The predicted octanol–water partition coefficient (Wildman–Crippen LogP) is 2.90. The van der Waals surface area contributed by atoms with Crippen molar-refractivity contribution in [3.8, 4) is 17.0 Å². The van der Waals surface area contributed by atoms with Gasteiger partial charge < -0.3 is 9.26 Å². The number of carbonyl (C=O) groups is 1. The van der Waals surface area contributed by atoms with Gasteiger partial charge >= 0.3 is 6.61 Å². The number of amides is 1. The monoisotopic (exact) mass is 268 g/mol. The van der Waals surface area contributed by atoms with Crippen molar-refractivity contribution in [3.05, 3.63) is 30.3 Å². The van der Waals surface area contributed by atoms with Crippen LogP contribution in [0.2, 0.25) is 0 Å². The molecule has 19 heavy (non-hydrogen) atoms. The summed E-state index contributed by atoms with van der Waals surface area (Å²) in [6.45, 7) is -1.51. The molecule has 1 aromatic heterocycles. The van der Waals surface area contributed by atoms with E-state index < -0.39 is 6.61 Å². The molecule has 1 aromatic carbocycles. The standard InChI is InChI=1S/C12H10F2N2O3/c1-7(17)15-11-6-10(16-19-11)8-2-4-9(5-3-8)18-12(13)14/h2-6,12H,1H3,(H,15,17). The summed E-state index contributed by atoms with van der Waals surface area (Å²) < 4.78 is 33.1. The molecule has 0 saturated carbocycles. The summed E-state index contributed by atoms with van der Waals surface area (Å²) in [6, 6.07) is 7.45. The van der Waals surface area contributed by atoms with Gasteiger partial charge in [-0.3, -0.25) is 10.1 Å². The van der Waals surface area contributed by atoms with E-state index in [1.165, 1.54) is 25.1 Å². The maximum absolute atomic E-state index is 12.0. The molecule has 1 amide bonds. The number of rotatable bonds is 4. The molecule has 0 saturated heterocycles. The number of hydrogen-bond acceptors (Lipinski definition) is 4. The Balaban J connectivity index is 2.13. The largest absolute Gasteiger partial charge is 0.435 e. The van der Waals surface area contributed by atoms with Crippen LogP contribution < -0.4 is 10.1 Å². The van der Waals surface area contributed by atoms with E-state index in [1.807, 2.05) is 0 Å². The Labute approximate surface area is 107 Å². The molecule has 0 fully saturated rings. The van der Waals surface area contributed by atoms with Crippen molar-refractivity contribution in [2.24, 2.45) is 0 Å². The van der Waals surface area contributed by atoms with Gasteiger partial charge in [0.15, 0.2) is 0 Å². The third kappa shape index (κ3) is 3.51. The van der Waals surface area contributed by atoms with Crippen molar-refractivity contribution in [3.63, 3.8) is 0 Å². The van der Waals surface area contributed by atoms with Crippen LogP contribution in [0.3, 0.4) is 0 Å². The normalized spacial score (nSPS) is 10.5. The number of aromatic nitrogens is 1. The Kier molecular flexibility index (Phi) is 3.74. The summed E-state index contributed by atoms with van der Waals surface area (Å²) in [6.07, 6.45) is 0. The zero-order valence-electron chi connectivity index (χ0n) is 9.89. The van der Waals surface area contributed by atoms with E-state index >= 15 is 0 Å². The molecule has 0 atom stereocenters. The topological polar surface area (TPSA) is 64.4 Å². The molecule has 0 radical (unpaired) electrons. The molecule has 0 aliphatic rings. The van der Waals surface area contributed by atoms with Crippen molar-refractivity contribution in [2.75, 3.05) is 5.32 Å². The number of hydrogen-bond donors (Lipinski definition) is 1. The van der Waals surface area contributed by atoms with Gasteiger partial charge in [0.25, 0.3) is 0 Å². The first kappa shape index (κ1) is 13.0. The highest BCUT2D eigenvalue weighted by atomic mass is 19.3. The molecule has 0 unspecified atom stereocenters. The highest BCUT2D eigenvalue weighted by molar-refractivity contribution is 5.87. The summed E-state index contributed by atoms with van der Waals surface area (Å²) in [5.41, 5.74) is 1.13. The zero-order chi connectivity index (χ0) is 13.8. The van der Waals surface area contributed by atoms with Gasteiger partial charge in [-0.25, -0.2) is 0 Å². The van der Waals surface area contributed by atoms with Crippen LogP contribution in [0.5, 0.6) is 5.75 Å². The lowest BCUT2D eigenvalue weighted by molar-refractivity contribution is -0.114. The predicted molar refractivity (Wildman–Crippen MR) is 62.9 cm³/mol. The highest BCUT2D eigenvalue weighted by Crippen LogP contribution is 2.24. The van der Waals surface area contributed by atoms with Crippen molar-refractivity contribution in [1.82, 2.24) is 5.16 Å². The lowest BCUT2D eigenvalue weighted by atomic mass is 10.1. The van der Waals surface area contributed by atoms with Gasteiger partial charge in [0.2, 0.25) is 11.8 Å². The lowest BCUT2D eigenvalue weighted by Crippen LogP contribution is -2.04. The van der Waals surface area contributed by atoms with E-state index in [9.17, 15) is 13.6 Å². The van der Waals surface area contributed by atoms with Crippen molar-refractivity contribution in [2.45, 2.75) is 13.5 Å². The minimum atomic E-state index is -2.86. The fourth-order valence-electron chi connectivity index (χ4n) is 1.45. The number of alkyl halides is 2. The SMILES string of the molecule is CC(=O)Nc1cc(-c2ccc(OC(F)F)cc2)no1. The molecule has 2 aromatic rings. The number of benzene rings is 1. The molecule has 5 nitrogen and oxygen atoms in total. The fourth-order valence-corrected chi connectivity index (χ4v) is 1.45. The molecule has 1 heterocycles. The van der Waals surface area contributed by atoms with Crippen LogP contribution in [0.25, 0.3) is 11.3 Å². The summed E-state index contributed by atoms with van der Waals surface area (Å²) in [4.78, 5) is 10.8. The second-order valence-corrected chi connectivity index (χ2v) is 3.66. The average molecular weight is 268 g/mol. The fraction of sp³-hybridized carbons (Fsp3) is 0.167. The van der Waals surface area contributed by atoms with E-state index in [0.29, 0.717) is 11.3 Å². The molecular formula is C12H10F2N2O3. The first-order valence-corrected chi connectivity index (χ1v) is 5.34. The van der Waals surface area contributed by atoms with Crippen LogP contribution in [0.4, 0.5) is 14.7 Å². The molecule has 100 valence electrons. The third-order valence-corrected chi connectivity index (χ3v) is 2.18. The first-order valence-electron chi connectivity index (χ1n) is 5.34. The molecule has 0 spiro atoms. The van der Waals surface area contributed by atoms with E-state index in [0.717, 1.165) is 0 Å². The maximum Gasteiger partial charge on any atom is 0.387 e. The average Bonchev–Trinajstić information content (AvgIpc) is 2.76. The van der Waals surface area contributed by atoms with E-state index in [4.69, 9.17) is 4.52 Å². The Morgan fingerprint density at radius 3 is 2.63 bits per heavy atom. The molecule has 1 N–H and O–H groups in total. The number of ether oxygens (including phenoxy) is 1. The van der Waals surface area contributed by atoms with Crippen LogP contribution >= 0.6 is 0 Å². The van der Waals surface area contributed by atoms with Crippen molar-refractivity contribution < 1.29 is 22.8 Å². The van der Waals surface area contributed by atoms with Gasteiger partial charge in [0.1, 0.15) is 11.4 Å². The van der Waals surface area contributed by atoms with Crippen LogP contribution in [-0.2, 0) is 4.79 Å². The summed E-state index contributed by atoms with van der Waals surface area (Å²) in [5.74, 6) is 0.00289. The summed E-state index contributed by atoms with van der Waals surface area (Å²) in [5, 5.41) is 6.19. The van der Waals surface area contributed by atoms with Gasteiger partial charge in [-0.2, -0.15) is 8.78 Å². The van der Waals surface area contributed by atoms with Gasteiger partial charge in [0, 0.05) is 18.6 Å². The number of carbonyl (C=O) groups excluding carboxylic acids is 1. The van der Waals surface area contributed by atoms with Crippen LogP contribution in [0.1, 0.15) is 6.92 Å². The number of anilines is 1. The Morgan fingerprint density at radius 2 is 2.05 bits per heavy atom. The maximum atomic E-state index is 12.0. The van der Waals surface area contributed by atoms with Gasteiger partial charge in [-0.05, 0) is 24.3 Å². The van der Waals surface area contributed by atoms with E-state index in [1.54, 1.807) is 12.1 Å². The number of halogens is 2. The zero-order valence-corrected chi connectivity index (χ0v) is 9.89. The van der Waals surface area contributed by atoms with Crippen LogP contribution in [0, 0.1) is 0 Å². The summed E-state index contributed by atoms with van der Waals surface area (Å²) >= 11 is 0. The number of nitrogens with zero attached hydrogens (tertiary/aromatic N) is 1. The highest BCUT2D eigenvalue weighted by Gasteiger charge is 2.09. The van der Waals surface area contributed by atoms with E-state index in [-0.39, 0.29) is 17.5 Å². The van der Waals surface area contributed by atoms with Gasteiger partial charge in [0.05, 0.1) is 0 Å². The Morgan fingerprint density at radius 1 is 1.37 bits per heavy atom. The first-order chi connectivity index (χ1) is 9.04. The quantitative estimate of drug-likeness (QED) is 0.926. The Bertz CT molecular complexity index is 567. The smallest absolute Gasteiger partial charge is 0.387 e. The van der Waals surface area contributed by atoms with Crippen LogP contribution in [0.15, 0.2) is 34.9 Å². The molecule has 2 rings (SSSR count). The van der Waals surface area contributed by atoms with E-state index in [2.05, 4.69) is 15.2 Å². The minimum absolute atomic E-state index is 0.0596. The van der Waals surface area contributed by atoms with Gasteiger partial charge in [-0.15, -0.1) is 0 Å². The van der Waals surface area contributed by atoms with Crippen molar-refractivity contribution in [1.29, 1.82) is 0 Å². The molecule has 0 aliphatic heterocycles. The lowest BCUT2D eigenvalue weighted by Gasteiger charge is -2.03. The molecular weight excluding hydrogens is 258 g/mol. The van der Waals surface area contributed by atoms with Crippen molar-refractivity contribution >= 4 is 11.8 Å². The second kappa shape index (κ2) is 5.47. The molecule has 7 heteroatoms. The second-order valence-electron chi connectivity index (χ2n) is 3.66. The number of nitrogens with one attached hydrogen (secondary N) is 1. The molecule has 0 bridgehead atoms. The van der Waals surface area contributed by atoms with Crippen LogP contribution in [-0.4, -0.2) is 17.7 Å². The van der Waals surface area contributed by atoms with Gasteiger partial charge in [-0.1, -0.05) is 5.16 Å².